The molecule has 0 radical (unpaired) electrons. The van der Waals surface area contributed by atoms with Crippen LogP contribution in [0.25, 0.3) is 0 Å². The van der Waals surface area contributed by atoms with Crippen LogP contribution in [0.2, 0.25) is 0 Å². The van der Waals surface area contributed by atoms with Crippen molar-refractivity contribution in [2.24, 2.45) is 0 Å². The Hall–Kier alpha value is -2.69. The van der Waals surface area contributed by atoms with Crippen LogP contribution in [-0.2, 0) is 6.42 Å². The first-order chi connectivity index (χ1) is 11.6. The Morgan fingerprint density at radius 3 is 2.58 bits per heavy atom. The van der Waals surface area contributed by atoms with Gasteiger partial charge in [0.2, 0.25) is 0 Å². The third-order valence-electron chi connectivity index (χ3n) is 3.66. The molecule has 0 saturated heterocycles. The number of nitrogens with zero attached hydrogens (tertiary/aromatic N) is 1. The van der Waals surface area contributed by atoms with Crippen LogP contribution >= 0.6 is 0 Å². The number of aryl methyl sites for hydroxylation is 1. The van der Waals surface area contributed by atoms with Crippen molar-refractivity contribution in [2.45, 2.75) is 32.6 Å². The van der Waals surface area contributed by atoms with Gasteiger partial charge in [0.15, 0.2) is 11.5 Å². The minimum Gasteiger partial charge on any atom is -0.487 e. The molecule has 0 spiro atoms. The topological polar surface area (TPSA) is 69.4 Å². The van der Waals surface area contributed by atoms with E-state index in [1.807, 2.05) is 37.3 Å². The monoisotopic (exact) mass is 327 g/mol. The van der Waals surface area contributed by atoms with Crippen LogP contribution in [0, 0.1) is 10.1 Å². The van der Waals surface area contributed by atoms with E-state index in [2.05, 4.69) is 0 Å². The Morgan fingerprint density at radius 1 is 1.17 bits per heavy atom. The highest BCUT2D eigenvalue weighted by Gasteiger charge is 2.18. The molecule has 24 heavy (non-hydrogen) atoms. The van der Waals surface area contributed by atoms with Crippen molar-refractivity contribution >= 4 is 11.5 Å². The fourth-order valence-electron chi connectivity index (χ4n) is 2.43. The molecule has 2 rings (SSSR count). The summed E-state index contributed by atoms with van der Waals surface area (Å²) >= 11 is 0. The molecule has 0 unspecified atom stereocenters. The number of nitro benzene ring substituents is 1. The maximum atomic E-state index is 11.9. The number of carbonyl (C=O) groups is 1. The van der Waals surface area contributed by atoms with Crippen LogP contribution < -0.4 is 4.74 Å². The van der Waals surface area contributed by atoms with Crippen molar-refractivity contribution in [3.05, 3.63) is 69.8 Å². The van der Waals surface area contributed by atoms with E-state index in [-0.39, 0.29) is 17.2 Å². The normalized spacial score (nSPS) is 10.4. The Labute approximate surface area is 141 Å². The average Bonchev–Trinajstić information content (AvgIpc) is 2.59. The zero-order valence-corrected chi connectivity index (χ0v) is 13.7. The lowest BCUT2D eigenvalue weighted by Crippen LogP contribution is -2.04. The molecular formula is C19H21NO4. The summed E-state index contributed by atoms with van der Waals surface area (Å²) in [7, 11) is 0. The van der Waals surface area contributed by atoms with Gasteiger partial charge in [-0.15, -0.1) is 0 Å². The molecule has 0 fully saturated rings. The quantitative estimate of drug-likeness (QED) is 0.292. The molecule has 0 aliphatic heterocycles. The molecule has 0 saturated carbocycles. The highest BCUT2D eigenvalue weighted by Crippen LogP contribution is 2.28. The fourth-order valence-corrected chi connectivity index (χ4v) is 2.43. The second kappa shape index (κ2) is 8.82. The van der Waals surface area contributed by atoms with Gasteiger partial charge in [0.25, 0.3) is 0 Å². The lowest BCUT2D eigenvalue weighted by molar-refractivity contribution is -0.385. The van der Waals surface area contributed by atoms with Gasteiger partial charge in [-0.1, -0.05) is 37.3 Å². The number of carbonyl (C=O) groups excluding carboxylic acids is 1. The molecule has 0 bridgehead atoms. The van der Waals surface area contributed by atoms with E-state index in [9.17, 15) is 14.9 Å². The summed E-state index contributed by atoms with van der Waals surface area (Å²) in [5.41, 5.74) is 1.41. The maximum absolute atomic E-state index is 11.9. The summed E-state index contributed by atoms with van der Waals surface area (Å²) in [6, 6.07) is 14.4. The molecule has 0 amide bonds. The summed E-state index contributed by atoms with van der Waals surface area (Å²) in [5.74, 6) is 0.123. The van der Waals surface area contributed by atoms with Crippen molar-refractivity contribution in [3.8, 4) is 5.75 Å². The standard InChI is InChI=1S/C19H21NO4/c1-2-7-18(21)16-11-12-19(17(14-16)20(22)23)24-13-6-10-15-8-4-3-5-9-15/h3-5,8-9,11-12,14H,2,6-7,10,13H2,1H3. The zero-order chi connectivity index (χ0) is 17.4. The molecule has 126 valence electrons. The summed E-state index contributed by atoms with van der Waals surface area (Å²) in [6.07, 6.45) is 2.71. The molecule has 0 aliphatic rings. The van der Waals surface area contributed by atoms with E-state index < -0.39 is 4.92 Å². The number of ether oxygens (including phenoxy) is 1. The Balaban J connectivity index is 1.98. The van der Waals surface area contributed by atoms with Gasteiger partial charge < -0.3 is 4.74 Å². The van der Waals surface area contributed by atoms with E-state index in [0.29, 0.717) is 25.0 Å². The predicted molar refractivity (Wildman–Crippen MR) is 92.6 cm³/mol. The Morgan fingerprint density at radius 2 is 1.92 bits per heavy atom. The fraction of sp³-hybridized carbons (Fsp3) is 0.316. The lowest BCUT2D eigenvalue weighted by atomic mass is 10.1. The number of Topliss-reactive ketones (excluding diaryl/α,β-unsaturated/α-hetero) is 1. The number of rotatable bonds is 9. The third kappa shape index (κ3) is 4.91. The lowest BCUT2D eigenvalue weighted by Gasteiger charge is -2.08. The van der Waals surface area contributed by atoms with Crippen molar-refractivity contribution < 1.29 is 14.5 Å². The van der Waals surface area contributed by atoms with Crippen molar-refractivity contribution in [2.75, 3.05) is 6.61 Å². The van der Waals surface area contributed by atoms with Gasteiger partial charge in [0.05, 0.1) is 11.5 Å². The second-order valence-corrected chi connectivity index (χ2v) is 5.55. The van der Waals surface area contributed by atoms with E-state index in [1.54, 1.807) is 6.07 Å². The first kappa shape index (κ1) is 17.7. The van der Waals surface area contributed by atoms with Gasteiger partial charge in [0.1, 0.15) is 0 Å². The van der Waals surface area contributed by atoms with E-state index in [1.165, 1.54) is 17.7 Å². The van der Waals surface area contributed by atoms with Crippen LogP contribution in [0.3, 0.4) is 0 Å². The molecule has 5 nitrogen and oxygen atoms in total. The summed E-state index contributed by atoms with van der Waals surface area (Å²) in [6.45, 7) is 2.29. The highest BCUT2D eigenvalue weighted by atomic mass is 16.6. The van der Waals surface area contributed by atoms with Crippen LogP contribution in [0.15, 0.2) is 48.5 Å². The van der Waals surface area contributed by atoms with Gasteiger partial charge in [0, 0.05) is 18.1 Å². The molecule has 0 N–H and O–H groups in total. The summed E-state index contributed by atoms with van der Waals surface area (Å²) < 4.78 is 5.56. The van der Waals surface area contributed by atoms with Crippen molar-refractivity contribution in [1.82, 2.24) is 0 Å². The van der Waals surface area contributed by atoms with Crippen LogP contribution in [0.1, 0.15) is 42.1 Å². The minimum atomic E-state index is -0.505. The molecule has 0 heterocycles. The first-order valence-corrected chi connectivity index (χ1v) is 8.10. The number of hydrogen-bond acceptors (Lipinski definition) is 4. The number of hydrogen-bond donors (Lipinski definition) is 0. The molecule has 5 heteroatoms. The van der Waals surface area contributed by atoms with Crippen molar-refractivity contribution in [3.63, 3.8) is 0 Å². The second-order valence-electron chi connectivity index (χ2n) is 5.55. The summed E-state index contributed by atoms with van der Waals surface area (Å²) in [5, 5.41) is 11.2. The first-order valence-electron chi connectivity index (χ1n) is 8.10. The smallest absolute Gasteiger partial charge is 0.311 e. The minimum absolute atomic E-state index is 0.0868. The van der Waals surface area contributed by atoms with E-state index in [0.717, 1.165) is 12.8 Å². The largest absolute Gasteiger partial charge is 0.487 e. The average molecular weight is 327 g/mol. The number of ketones is 1. The molecular weight excluding hydrogens is 306 g/mol. The number of nitro groups is 1. The summed E-state index contributed by atoms with van der Waals surface area (Å²) in [4.78, 5) is 22.6. The maximum Gasteiger partial charge on any atom is 0.311 e. The van der Waals surface area contributed by atoms with Gasteiger partial charge in [-0.05, 0) is 37.0 Å². The van der Waals surface area contributed by atoms with Crippen LogP contribution in [0.4, 0.5) is 5.69 Å². The van der Waals surface area contributed by atoms with Gasteiger partial charge >= 0.3 is 5.69 Å². The van der Waals surface area contributed by atoms with Crippen molar-refractivity contribution in [1.29, 1.82) is 0 Å². The predicted octanol–water partition coefficient (Wildman–Crippen LogP) is 4.59. The third-order valence-corrected chi connectivity index (χ3v) is 3.66. The number of benzene rings is 2. The SMILES string of the molecule is CCCC(=O)c1ccc(OCCCc2ccccc2)c([N+](=O)[O-])c1. The Kier molecular flexibility index (Phi) is 6.49. The molecule has 0 aromatic heterocycles. The molecule has 2 aromatic rings. The van der Waals surface area contributed by atoms with Gasteiger partial charge in [-0.3, -0.25) is 14.9 Å². The Bertz CT molecular complexity index is 698. The van der Waals surface area contributed by atoms with E-state index >= 15 is 0 Å². The molecule has 2 aromatic carbocycles. The zero-order valence-electron chi connectivity index (χ0n) is 13.7. The molecule has 0 atom stereocenters. The highest BCUT2D eigenvalue weighted by molar-refractivity contribution is 5.96. The van der Waals surface area contributed by atoms with E-state index in [4.69, 9.17) is 4.74 Å². The van der Waals surface area contributed by atoms with Gasteiger partial charge in [-0.2, -0.15) is 0 Å². The molecule has 0 aliphatic carbocycles. The van der Waals surface area contributed by atoms with Gasteiger partial charge in [-0.25, -0.2) is 0 Å². The van der Waals surface area contributed by atoms with Crippen LogP contribution in [0.5, 0.6) is 5.75 Å². The van der Waals surface area contributed by atoms with Crippen LogP contribution in [-0.4, -0.2) is 17.3 Å².